The average Bonchev–Trinajstić information content (AvgIpc) is 3.29. The Balaban J connectivity index is 1.58. The molecular weight excluding hydrogens is 426 g/mol. The van der Waals surface area contributed by atoms with Gasteiger partial charge in [-0.05, 0) is 67.8 Å². The minimum Gasteiger partial charge on any atom is -0.381 e. The number of nitrogens with one attached hydrogen (secondary N) is 2. The van der Waals surface area contributed by atoms with Crippen molar-refractivity contribution >= 4 is 38.1 Å². The number of ether oxygens (including phenoxy) is 1. The number of amides is 1. The normalized spacial score (nSPS) is 24.2. The van der Waals surface area contributed by atoms with E-state index in [4.69, 9.17) is 4.74 Å². The summed E-state index contributed by atoms with van der Waals surface area (Å²) in [6.07, 6.45) is 3.94. The smallest absolute Gasteiger partial charge is 0.247 e. The van der Waals surface area contributed by atoms with Gasteiger partial charge in [0.25, 0.3) is 0 Å². The zero-order chi connectivity index (χ0) is 22.5. The van der Waals surface area contributed by atoms with Crippen LogP contribution in [-0.4, -0.2) is 46.2 Å². The number of rotatable bonds is 6. The molecule has 2 saturated heterocycles. The monoisotopic (exact) mass is 455 g/mol. The molecule has 5 rings (SSSR count). The fraction of sp³-hybridized carbons (Fsp3) is 0.458. The molecule has 0 bridgehead atoms. The largest absolute Gasteiger partial charge is 0.381 e. The van der Waals surface area contributed by atoms with Gasteiger partial charge in [0.15, 0.2) is 0 Å². The lowest BCUT2D eigenvalue weighted by Gasteiger charge is -2.36. The minimum absolute atomic E-state index is 0.255. The number of anilines is 2. The van der Waals surface area contributed by atoms with Gasteiger partial charge in [0.2, 0.25) is 15.9 Å². The fourth-order valence-corrected chi connectivity index (χ4v) is 6.28. The van der Waals surface area contributed by atoms with E-state index in [9.17, 15) is 13.2 Å². The quantitative estimate of drug-likeness (QED) is 0.653. The molecule has 0 aromatic heterocycles. The van der Waals surface area contributed by atoms with Gasteiger partial charge in [0, 0.05) is 47.9 Å². The third-order valence-electron chi connectivity index (χ3n) is 6.94. The first kappa shape index (κ1) is 21.4. The number of carbonyl (C=O) groups excluding carboxylic acids is 1. The number of sulfonamides is 1. The van der Waals surface area contributed by atoms with Gasteiger partial charge in [0.1, 0.15) is 0 Å². The highest BCUT2D eigenvalue weighted by atomic mass is 32.2. The van der Waals surface area contributed by atoms with Crippen LogP contribution in [0.4, 0.5) is 11.4 Å². The summed E-state index contributed by atoms with van der Waals surface area (Å²) in [7, 11) is -3.67. The van der Waals surface area contributed by atoms with Gasteiger partial charge in [-0.25, -0.2) is 13.1 Å². The molecule has 8 heteroatoms. The first-order chi connectivity index (χ1) is 15.3. The number of hydrogen-bond acceptors (Lipinski definition) is 5. The zero-order valence-electron chi connectivity index (χ0n) is 18.3. The van der Waals surface area contributed by atoms with Gasteiger partial charge >= 0.3 is 0 Å². The van der Waals surface area contributed by atoms with E-state index in [0.29, 0.717) is 17.5 Å². The van der Waals surface area contributed by atoms with E-state index in [1.54, 1.807) is 12.1 Å². The molecule has 2 atom stereocenters. The lowest BCUT2D eigenvalue weighted by atomic mass is 9.88. The molecule has 170 valence electrons. The Labute approximate surface area is 188 Å². The molecular formula is C24H29N3O4S. The van der Waals surface area contributed by atoms with E-state index in [0.717, 1.165) is 62.0 Å². The van der Waals surface area contributed by atoms with Gasteiger partial charge in [-0.1, -0.05) is 12.6 Å². The van der Waals surface area contributed by atoms with Crippen LogP contribution in [0.3, 0.4) is 0 Å². The predicted molar refractivity (Wildman–Crippen MR) is 125 cm³/mol. The van der Waals surface area contributed by atoms with Crippen molar-refractivity contribution in [2.75, 3.05) is 36.5 Å². The van der Waals surface area contributed by atoms with Crippen LogP contribution in [-0.2, 0) is 19.6 Å². The van der Waals surface area contributed by atoms with Crippen molar-refractivity contribution in [1.82, 2.24) is 4.72 Å². The van der Waals surface area contributed by atoms with E-state index < -0.39 is 10.0 Å². The number of hydrogen-bond donors (Lipinski definition) is 2. The van der Waals surface area contributed by atoms with Gasteiger partial charge in [-0.3, -0.25) is 4.79 Å². The summed E-state index contributed by atoms with van der Waals surface area (Å²) in [5, 5.41) is 4.51. The van der Waals surface area contributed by atoms with Crippen LogP contribution in [0, 0.1) is 11.8 Å². The number of carbonyl (C=O) groups is 1. The Bertz CT molecular complexity index is 1190. The number of piperidine rings is 1. The summed E-state index contributed by atoms with van der Waals surface area (Å²) in [4.78, 5) is 14.3. The van der Waals surface area contributed by atoms with Crippen LogP contribution in [0.5, 0.6) is 0 Å². The zero-order valence-corrected chi connectivity index (χ0v) is 19.1. The summed E-state index contributed by atoms with van der Waals surface area (Å²) in [6.45, 7) is 8.72. The van der Waals surface area contributed by atoms with Crippen molar-refractivity contribution in [1.29, 1.82) is 0 Å². The first-order valence-corrected chi connectivity index (χ1v) is 12.6. The molecule has 2 unspecified atom stereocenters. The summed E-state index contributed by atoms with van der Waals surface area (Å²) >= 11 is 0. The lowest BCUT2D eigenvalue weighted by molar-refractivity contribution is -0.111. The minimum atomic E-state index is -3.67. The van der Waals surface area contributed by atoms with Crippen molar-refractivity contribution in [3.05, 3.63) is 43.0 Å². The molecule has 7 nitrogen and oxygen atoms in total. The van der Waals surface area contributed by atoms with E-state index in [1.165, 1.54) is 6.08 Å². The molecule has 1 aliphatic carbocycles. The second-order valence-corrected chi connectivity index (χ2v) is 11.2. The molecule has 2 aliphatic heterocycles. The maximum absolute atomic E-state index is 13.2. The Morgan fingerprint density at radius 2 is 2.00 bits per heavy atom. The average molecular weight is 456 g/mol. The molecule has 2 heterocycles. The third kappa shape index (κ3) is 4.14. The Hall–Kier alpha value is -2.42. The highest BCUT2D eigenvalue weighted by molar-refractivity contribution is 7.89. The summed E-state index contributed by atoms with van der Waals surface area (Å²) < 4.78 is 35.0. The van der Waals surface area contributed by atoms with E-state index in [1.807, 2.05) is 25.1 Å². The van der Waals surface area contributed by atoms with Crippen LogP contribution in [0.25, 0.3) is 10.8 Å². The van der Waals surface area contributed by atoms with Crippen molar-refractivity contribution in [3.63, 3.8) is 0 Å². The topological polar surface area (TPSA) is 87.7 Å². The Morgan fingerprint density at radius 1 is 1.22 bits per heavy atom. The Morgan fingerprint density at radius 3 is 2.75 bits per heavy atom. The molecule has 32 heavy (non-hydrogen) atoms. The van der Waals surface area contributed by atoms with Crippen LogP contribution in [0.1, 0.15) is 26.2 Å². The fourth-order valence-electron chi connectivity index (χ4n) is 4.76. The first-order valence-electron chi connectivity index (χ1n) is 11.1. The van der Waals surface area contributed by atoms with Crippen molar-refractivity contribution in [2.45, 2.75) is 36.6 Å². The van der Waals surface area contributed by atoms with E-state index >= 15 is 0 Å². The third-order valence-corrected chi connectivity index (χ3v) is 8.56. The number of nitrogens with zero attached hydrogens (tertiary/aromatic N) is 1. The summed E-state index contributed by atoms with van der Waals surface area (Å²) in [6, 6.07) is 9.11. The van der Waals surface area contributed by atoms with Crippen LogP contribution >= 0.6 is 0 Å². The van der Waals surface area contributed by atoms with Gasteiger partial charge in [-0.2, -0.15) is 0 Å². The highest BCUT2D eigenvalue weighted by Crippen LogP contribution is 2.39. The molecule has 1 amide bonds. The molecule has 3 aliphatic rings. The summed E-state index contributed by atoms with van der Waals surface area (Å²) in [5.41, 5.74) is 1.16. The molecule has 2 aromatic carbocycles. The van der Waals surface area contributed by atoms with Gasteiger partial charge in [0.05, 0.1) is 11.5 Å². The molecule has 1 saturated carbocycles. The van der Waals surface area contributed by atoms with Crippen LogP contribution in [0.15, 0.2) is 47.9 Å². The Kier molecular flexibility index (Phi) is 5.27. The van der Waals surface area contributed by atoms with E-state index in [2.05, 4.69) is 21.5 Å². The van der Waals surface area contributed by atoms with Crippen molar-refractivity contribution in [3.8, 4) is 0 Å². The molecule has 2 N–H and O–H groups in total. The number of fused-ring (bicyclic) bond motifs is 2. The molecule has 0 spiro atoms. The second-order valence-electron chi connectivity index (χ2n) is 9.53. The lowest BCUT2D eigenvalue weighted by Crippen LogP contribution is -2.40. The van der Waals surface area contributed by atoms with Crippen LogP contribution < -0.4 is 14.9 Å². The maximum Gasteiger partial charge on any atom is 0.247 e. The van der Waals surface area contributed by atoms with Crippen LogP contribution in [0.2, 0.25) is 0 Å². The maximum atomic E-state index is 13.2. The van der Waals surface area contributed by atoms with Gasteiger partial charge < -0.3 is 15.0 Å². The standard InChI is InChI=1S/C24H29N3O4S/c1-3-23(28)25-19-4-5-21-17(10-19)11-20(32(29,30)26-24(2)7-8-24)12-22(21)27-9-6-16-14-31-15-18(16)13-27/h3-5,10-12,16,18,26H,1,6-9,13-15H2,2H3,(H,25,28). The second kappa shape index (κ2) is 7.86. The molecule has 3 fully saturated rings. The highest BCUT2D eigenvalue weighted by Gasteiger charge is 2.41. The van der Waals surface area contributed by atoms with Gasteiger partial charge in [-0.15, -0.1) is 0 Å². The van der Waals surface area contributed by atoms with Crippen molar-refractivity contribution < 1.29 is 17.9 Å². The molecule has 0 radical (unpaired) electrons. The number of benzene rings is 2. The molecule has 2 aromatic rings. The van der Waals surface area contributed by atoms with E-state index in [-0.39, 0.29) is 16.3 Å². The van der Waals surface area contributed by atoms with Crippen molar-refractivity contribution in [2.24, 2.45) is 11.8 Å². The predicted octanol–water partition coefficient (Wildman–Crippen LogP) is 3.27. The summed E-state index contributed by atoms with van der Waals surface area (Å²) in [5.74, 6) is 0.746. The SMILES string of the molecule is C=CC(=O)Nc1ccc2c(N3CCC4COCC4C3)cc(S(=O)(=O)NC3(C)CC3)cc2c1.